The Hall–Kier alpha value is -3.81. The lowest BCUT2D eigenvalue weighted by atomic mass is 10.0. The molecule has 0 saturated carbocycles. The molecule has 2 N–H and O–H groups in total. The zero-order valence-corrected chi connectivity index (χ0v) is 16.5. The van der Waals surface area contributed by atoms with Crippen molar-refractivity contribution in [3.05, 3.63) is 83.2 Å². The molecule has 0 saturated heterocycles. The fraction of sp³-hybridized carbons (Fsp3) is 0.182. The molecule has 0 spiro atoms. The molecule has 0 fully saturated rings. The minimum atomic E-state index is -0.358. The van der Waals surface area contributed by atoms with Crippen LogP contribution in [0.25, 0.3) is 22.4 Å². The number of anilines is 1. The molecule has 3 aromatic heterocycles. The standard InChI is InChI=1S/C22H21FN6O/c1-29-21(30)19(15-4-6-17(23)7-5-15)20(16-8-11-24-12-9-16)28-22(29)27-10-2-3-18-25-13-14-26-18/h4-9,11-14H,2-3,10H2,1H3,(H,25,26)(H,27,28). The Bertz CT molecular complexity index is 1170. The maximum absolute atomic E-state index is 13.4. The Morgan fingerprint density at radius 2 is 1.83 bits per heavy atom. The number of nitrogens with zero attached hydrogens (tertiary/aromatic N) is 4. The van der Waals surface area contributed by atoms with Gasteiger partial charge in [0.25, 0.3) is 5.56 Å². The molecule has 0 bridgehead atoms. The van der Waals surface area contributed by atoms with Crippen LogP contribution in [0.3, 0.4) is 0 Å². The van der Waals surface area contributed by atoms with Crippen molar-refractivity contribution in [1.82, 2.24) is 24.5 Å². The smallest absolute Gasteiger partial charge is 0.263 e. The molecule has 3 heterocycles. The molecule has 0 aliphatic heterocycles. The fourth-order valence-electron chi connectivity index (χ4n) is 3.25. The first-order valence-corrected chi connectivity index (χ1v) is 9.63. The number of aryl methyl sites for hydroxylation is 1. The van der Waals surface area contributed by atoms with Crippen LogP contribution < -0.4 is 10.9 Å². The van der Waals surface area contributed by atoms with Crippen LogP contribution in [0.1, 0.15) is 12.2 Å². The van der Waals surface area contributed by atoms with Gasteiger partial charge in [-0.2, -0.15) is 0 Å². The number of rotatable bonds is 7. The van der Waals surface area contributed by atoms with E-state index in [0.717, 1.165) is 24.2 Å². The minimum absolute atomic E-state index is 0.211. The first kappa shape index (κ1) is 19.5. The minimum Gasteiger partial charge on any atom is -0.356 e. The van der Waals surface area contributed by atoms with E-state index in [1.807, 2.05) is 0 Å². The van der Waals surface area contributed by atoms with Crippen LogP contribution in [-0.4, -0.2) is 31.0 Å². The van der Waals surface area contributed by atoms with Crippen molar-refractivity contribution in [3.8, 4) is 22.4 Å². The van der Waals surface area contributed by atoms with E-state index in [4.69, 9.17) is 4.98 Å². The van der Waals surface area contributed by atoms with E-state index in [0.29, 0.717) is 29.3 Å². The summed E-state index contributed by atoms with van der Waals surface area (Å²) in [4.78, 5) is 29.3. The molecule has 0 amide bonds. The molecule has 0 aliphatic rings. The summed E-state index contributed by atoms with van der Waals surface area (Å²) < 4.78 is 14.9. The van der Waals surface area contributed by atoms with Gasteiger partial charge in [-0.3, -0.25) is 14.3 Å². The van der Waals surface area contributed by atoms with Crippen LogP contribution in [0.5, 0.6) is 0 Å². The number of halogens is 1. The van der Waals surface area contributed by atoms with E-state index in [1.165, 1.54) is 16.7 Å². The molecule has 0 atom stereocenters. The SMILES string of the molecule is Cn1c(NCCCc2ncc[nH]2)nc(-c2ccncc2)c(-c2ccc(F)cc2)c1=O. The van der Waals surface area contributed by atoms with Crippen LogP contribution in [0, 0.1) is 5.82 Å². The van der Waals surface area contributed by atoms with Gasteiger partial charge in [0.2, 0.25) is 5.95 Å². The van der Waals surface area contributed by atoms with Crippen LogP contribution in [-0.2, 0) is 13.5 Å². The van der Waals surface area contributed by atoms with Crippen molar-refractivity contribution >= 4 is 5.95 Å². The summed E-state index contributed by atoms with van der Waals surface area (Å²) >= 11 is 0. The van der Waals surface area contributed by atoms with Crippen molar-refractivity contribution < 1.29 is 4.39 Å². The highest BCUT2D eigenvalue weighted by Crippen LogP contribution is 2.28. The second-order valence-electron chi connectivity index (χ2n) is 6.83. The predicted molar refractivity (Wildman–Crippen MR) is 114 cm³/mol. The van der Waals surface area contributed by atoms with E-state index in [1.54, 1.807) is 56.1 Å². The molecule has 1 aromatic carbocycles. The lowest BCUT2D eigenvalue weighted by Gasteiger charge is -2.16. The van der Waals surface area contributed by atoms with E-state index < -0.39 is 0 Å². The fourth-order valence-corrected chi connectivity index (χ4v) is 3.25. The van der Waals surface area contributed by atoms with Gasteiger partial charge in [-0.25, -0.2) is 14.4 Å². The third kappa shape index (κ3) is 4.12. The Kier molecular flexibility index (Phi) is 5.65. The molecule has 30 heavy (non-hydrogen) atoms. The maximum Gasteiger partial charge on any atom is 0.263 e. The number of aromatic amines is 1. The number of benzene rings is 1. The van der Waals surface area contributed by atoms with E-state index in [2.05, 4.69) is 20.3 Å². The van der Waals surface area contributed by atoms with Crippen LogP contribution in [0.2, 0.25) is 0 Å². The Morgan fingerprint density at radius 1 is 1.07 bits per heavy atom. The van der Waals surface area contributed by atoms with Gasteiger partial charge in [0.1, 0.15) is 11.6 Å². The summed E-state index contributed by atoms with van der Waals surface area (Å²) in [6.07, 6.45) is 8.44. The van der Waals surface area contributed by atoms with Crippen LogP contribution in [0.15, 0.2) is 66.0 Å². The molecule has 7 nitrogen and oxygen atoms in total. The number of aromatic nitrogens is 5. The molecular formula is C22H21FN6O. The second-order valence-corrected chi connectivity index (χ2v) is 6.83. The van der Waals surface area contributed by atoms with E-state index >= 15 is 0 Å². The highest BCUT2D eigenvalue weighted by Gasteiger charge is 2.18. The maximum atomic E-state index is 13.4. The zero-order valence-electron chi connectivity index (χ0n) is 16.5. The number of hydrogen-bond donors (Lipinski definition) is 2. The largest absolute Gasteiger partial charge is 0.356 e. The average Bonchev–Trinajstić information content (AvgIpc) is 3.29. The molecule has 4 aromatic rings. The molecule has 152 valence electrons. The van der Waals surface area contributed by atoms with Gasteiger partial charge in [0.15, 0.2) is 0 Å². The van der Waals surface area contributed by atoms with Crippen LogP contribution in [0.4, 0.5) is 10.3 Å². The van der Waals surface area contributed by atoms with Crippen LogP contribution >= 0.6 is 0 Å². The zero-order chi connectivity index (χ0) is 20.9. The number of pyridine rings is 1. The third-order valence-corrected chi connectivity index (χ3v) is 4.81. The Labute approximate surface area is 172 Å². The first-order valence-electron chi connectivity index (χ1n) is 9.63. The molecule has 0 radical (unpaired) electrons. The summed E-state index contributed by atoms with van der Waals surface area (Å²) in [7, 11) is 1.67. The molecule has 8 heteroatoms. The molecule has 0 aliphatic carbocycles. The van der Waals surface area contributed by atoms with Gasteiger partial charge in [-0.05, 0) is 36.2 Å². The highest BCUT2D eigenvalue weighted by molar-refractivity contribution is 5.80. The van der Waals surface area contributed by atoms with Crippen molar-refractivity contribution in [2.45, 2.75) is 12.8 Å². The Balaban J connectivity index is 1.69. The van der Waals surface area contributed by atoms with Gasteiger partial charge < -0.3 is 10.3 Å². The van der Waals surface area contributed by atoms with Gasteiger partial charge in [-0.15, -0.1) is 0 Å². The lowest BCUT2D eigenvalue weighted by molar-refractivity contribution is 0.628. The summed E-state index contributed by atoms with van der Waals surface area (Å²) in [6.45, 7) is 0.632. The van der Waals surface area contributed by atoms with Gasteiger partial charge in [-0.1, -0.05) is 12.1 Å². The van der Waals surface area contributed by atoms with Crippen molar-refractivity contribution in [2.24, 2.45) is 7.05 Å². The van der Waals surface area contributed by atoms with Gasteiger partial charge >= 0.3 is 0 Å². The van der Waals surface area contributed by atoms with Gasteiger partial charge in [0.05, 0.1) is 11.3 Å². The predicted octanol–water partition coefficient (Wildman–Crippen LogP) is 3.42. The van der Waals surface area contributed by atoms with E-state index in [9.17, 15) is 9.18 Å². The van der Waals surface area contributed by atoms with Crippen molar-refractivity contribution in [3.63, 3.8) is 0 Å². The number of H-pyrrole nitrogens is 1. The monoisotopic (exact) mass is 404 g/mol. The number of imidazole rings is 1. The van der Waals surface area contributed by atoms with Crippen molar-refractivity contribution in [2.75, 3.05) is 11.9 Å². The Morgan fingerprint density at radius 3 is 2.53 bits per heavy atom. The molecule has 4 rings (SSSR count). The normalized spacial score (nSPS) is 10.9. The number of nitrogens with one attached hydrogen (secondary N) is 2. The highest BCUT2D eigenvalue weighted by atomic mass is 19.1. The lowest BCUT2D eigenvalue weighted by Crippen LogP contribution is -2.25. The average molecular weight is 404 g/mol. The van der Waals surface area contributed by atoms with E-state index in [-0.39, 0.29) is 11.4 Å². The van der Waals surface area contributed by atoms with Gasteiger partial charge in [0, 0.05) is 50.4 Å². The summed E-state index contributed by atoms with van der Waals surface area (Å²) in [5.74, 6) is 1.03. The summed E-state index contributed by atoms with van der Waals surface area (Å²) in [6, 6.07) is 9.46. The third-order valence-electron chi connectivity index (χ3n) is 4.81. The first-order chi connectivity index (χ1) is 14.6. The second kappa shape index (κ2) is 8.69. The summed E-state index contributed by atoms with van der Waals surface area (Å²) in [5.41, 5.74) is 2.11. The quantitative estimate of drug-likeness (QED) is 0.461. The molecular weight excluding hydrogens is 383 g/mol. The topological polar surface area (TPSA) is 88.5 Å². The molecule has 0 unspecified atom stereocenters. The summed E-state index contributed by atoms with van der Waals surface area (Å²) in [5, 5.41) is 3.25. The van der Waals surface area contributed by atoms with Crippen molar-refractivity contribution in [1.29, 1.82) is 0 Å². The number of hydrogen-bond acceptors (Lipinski definition) is 5.